The van der Waals surface area contributed by atoms with Gasteiger partial charge in [0, 0.05) is 27.8 Å². The molecule has 0 aliphatic carbocycles. The van der Waals surface area contributed by atoms with Crippen LogP contribution in [-0.2, 0) is 21.4 Å². The second kappa shape index (κ2) is 8.16. The molecule has 26 heavy (non-hydrogen) atoms. The lowest BCUT2D eigenvalue weighted by molar-refractivity contribution is -0.126. The number of sulfonamides is 1. The van der Waals surface area contributed by atoms with Crippen LogP contribution < -0.4 is 5.32 Å². The summed E-state index contributed by atoms with van der Waals surface area (Å²) in [5.41, 5.74) is 0. The van der Waals surface area contributed by atoms with E-state index >= 15 is 0 Å². The highest BCUT2D eigenvalue weighted by Crippen LogP contribution is 2.25. The maximum atomic E-state index is 13.0. The van der Waals surface area contributed by atoms with Crippen LogP contribution in [0.15, 0.2) is 45.1 Å². The van der Waals surface area contributed by atoms with Gasteiger partial charge in [-0.3, -0.25) is 4.79 Å². The zero-order chi connectivity index (χ0) is 18.7. The summed E-state index contributed by atoms with van der Waals surface area (Å²) in [6.45, 7) is 0.928. The van der Waals surface area contributed by atoms with Gasteiger partial charge in [-0.1, -0.05) is 0 Å². The first kappa shape index (κ1) is 19.5. The van der Waals surface area contributed by atoms with Crippen LogP contribution in [0.5, 0.6) is 0 Å². The van der Waals surface area contributed by atoms with Gasteiger partial charge >= 0.3 is 0 Å². The van der Waals surface area contributed by atoms with Crippen LogP contribution in [0.3, 0.4) is 0 Å². The van der Waals surface area contributed by atoms with Crippen LogP contribution in [-0.4, -0.2) is 31.7 Å². The number of nitrogens with zero attached hydrogens (tertiary/aromatic N) is 1. The highest BCUT2D eigenvalue weighted by molar-refractivity contribution is 9.10. The summed E-state index contributed by atoms with van der Waals surface area (Å²) >= 11 is 4.92. The molecule has 5 nitrogen and oxygen atoms in total. The lowest BCUT2D eigenvalue weighted by atomic mass is 9.99. The minimum absolute atomic E-state index is 0.0448. The molecule has 9 heteroatoms. The number of carbonyl (C=O) groups is 1. The minimum Gasteiger partial charge on any atom is -0.351 e. The molecule has 1 amide bonds. The first-order valence-electron chi connectivity index (χ1n) is 8.12. The molecule has 1 fully saturated rings. The van der Waals surface area contributed by atoms with Crippen LogP contribution in [0.1, 0.15) is 17.7 Å². The van der Waals surface area contributed by atoms with Crippen molar-refractivity contribution in [3.63, 3.8) is 0 Å². The topological polar surface area (TPSA) is 66.5 Å². The van der Waals surface area contributed by atoms with Crippen LogP contribution in [0.4, 0.5) is 4.39 Å². The number of halogens is 2. The van der Waals surface area contributed by atoms with E-state index < -0.39 is 15.8 Å². The molecule has 1 N–H and O–H groups in total. The van der Waals surface area contributed by atoms with Gasteiger partial charge in [0.15, 0.2) is 0 Å². The minimum atomic E-state index is -3.73. The molecular formula is C17H18BrFN2O3S2. The Morgan fingerprint density at radius 3 is 2.73 bits per heavy atom. The molecule has 1 aromatic carbocycles. The molecule has 2 heterocycles. The van der Waals surface area contributed by atoms with Crippen molar-refractivity contribution in [3.8, 4) is 0 Å². The monoisotopic (exact) mass is 460 g/mol. The van der Waals surface area contributed by atoms with E-state index in [1.807, 2.05) is 11.4 Å². The average Bonchev–Trinajstić information content (AvgIpc) is 3.05. The van der Waals surface area contributed by atoms with E-state index in [0.29, 0.717) is 25.9 Å². The molecule has 1 saturated heterocycles. The Kier molecular flexibility index (Phi) is 6.11. The van der Waals surface area contributed by atoms with Crippen molar-refractivity contribution in [1.82, 2.24) is 9.62 Å². The van der Waals surface area contributed by atoms with Crippen LogP contribution in [0.2, 0.25) is 0 Å². The molecule has 1 atom stereocenters. The van der Waals surface area contributed by atoms with Gasteiger partial charge < -0.3 is 5.32 Å². The molecular weight excluding hydrogens is 443 g/mol. The molecule has 2 aromatic rings. The third kappa shape index (κ3) is 4.51. The highest BCUT2D eigenvalue weighted by Gasteiger charge is 2.33. The fourth-order valence-corrected chi connectivity index (χ4v) is 5.81. The summed E-state index contributed by atoms with van der Waals surface area (Å²) in [5, 5.41) is 4.82. The molecule has 3 rings (SSSR count). The summed E-state index contributed by atoms with van der Waals surface area (Å²) in [7, 11) is -3.73. The van der Waals surface area contributed by atoms with Gasteiger partial charge in [-0.2, -0.15) is 4.31 Å². The lowest BCUT2D eigenvalue weighted by Crippen LogP contribution is -2.45. The largest absolute Gasteiger partial charge is 0.351 e. The molecule has 140 valence electrons. The first-order valence-corrected chi connectivity index (χ1v) is 11.2. The normalized spacial score (nSPS) is 18.6. The summed E-state index contributed by atoms with van der Waals surface area (Å²) in [6, 6.07) is 6.70. The van der Waals surface area contributed by atoms with Gasteiger partial charge in [-0.05, 0) is 59.1 Å². The molecule has 0 saturated carbocycles. The number of hydrogen-bond donors (Lipinski definition) is 1. The number of benzene rings is 1. The zero-order valence-electron chi connectivity index (χ0n) is 13.8. The van der Waals surface area contributed by atoms with Gasteiger partial charge in [0.2, 0.25) is 15.9 Å². The standard InChI is InChI=1S/C17H18BrFN2O3S2/c18-13-8-15(25-11-13)9-20-17(22)12-2-1-7-21(10-12)26(23,24)16-5-3-14(19)4-6-16/h3-6,8,11-12H,1-2,7,9-10H2,(H,20,22). The molecule has 1 unspecified atom stereocenters. The molecule has 1 aromatic heterocycles. The average molecular weight is 461 g/mol. The van der Waals surface area contributed by atoms with Crippen LogP contribution in [0.25, 0.3) is 0 Å². The van der Waals surface area contributed by atoms with Crippen molar-refractivity contribution in [2.24, 2.45) is 5.92 Å². The maximum absolute atomic E-state index is 13.0. The predicted octanol–water partition coefficient (Wildman–Crippen LogP) is 3.37. The Morgan fingerprint density at radius 1 is 1.35 bits per heavy atom. The number of hydrogen-bond acceptors (Lipinski definition) is 4. The van der Waals surface area contributed by atoms with E-state index in [-0.39, 0.29) is 23.3 Å². The smallest absolute Gasteiger partial charge is 0.243 e. The SMILES string of the molecule is O=C(NCc1cc(Br)cs1)C1CCCN(S(=O)(=O)c2ccc(F)cc2)C1. The van der Waals surface area contributed by atoms with Crippen molar-refractivity contribution in [2.45, 2.75) is 24.3 Å². The van der Waals surface area contributed by atoms with E-state index in [9.17, 15) is 17.6 Å². The van der Waals surface area contributed by atoms with Gasteiger partial charge in [0.05, 0.1) is 17.4 Å². The van der Waals surface area contributed by atoms with Gasteiger partial charge in [-0.25, -0.2) is 12.8 Å². The maximum Gasteiger partial charge on any atom is 0.243 e. The van der Waals surface area contributed by atoms with Crippen molar-refractivity contribution in [2.75, 3.05) is 13.1 Å². The Balaban J connectivity index is 1.64. The second-order valence-electron chi connectivity index (χ2n) is 6.11. The van der Waals surface area contributed by atoms with E-state index in [4.69, 9.17) is 0 Å². The highest BCUT2D eigenvalue weighted by atomic mass is 79.9. The van der Waals surface area contributed by atoms with Gasteiger partial charge in [-0.15, -0.1) is 11.3 Å². The van der Waals surface area contributed by atoms with Crippen molar-refractivity contribution in [3.05, 3.63) is 50.9 Å². The van der Waals surface area contributed by atoms with Gasteiger partial charge in [0.25, 0.3) is 0 Å². The lowest BCUT2D eigenvalue weighted by Gasteiger charge is -2.31. The molecule has 0 bridgehead atoms. The number of thiophene rings is 1. The third-order valence-corrected chi connectivity index (χ3v) is 7.84. The van der Waals surface area contributed by atoms with E-state index in [1.54, 1.807) is 11.3 Å². The molecule has 1 aliphatic rings. The number of amides is 1. The second-order valence-corrected chi connectivity index (χ2v) is 9.95. The number of piperidine rings is 1. The predicted molar refractivity (Wildman–Crippen MR) is 102 cm³/mol. The van der Waals surface area contributed by atoms with E-state index in [1.165, 1.54) is 16.4 Å². The number of carbonyl (C=O) groups excluding carboxylic acids is 1. The Hall–Kier alpha value is -1.29. The Bertz CT molecular complexity index is 884. The first-order chi connectivity index (χ1) is 12.4. The summed E-state index contributed by atoms with van der Waals surface area (Å²) in [6.07, 6.45) is 1.26. The van der Waals surface area contributed by atoms with Gasteiger partial charge in [0.1, 0.15) is 5.82 Å². The third-order valence-electron chi connectivity index (χ3n) is 4.26. The zero-order valence-corrected chi connectivity index (χ0v) is 17.0. The van der Waals surface area contributed by atoms with Crippen LogP contribution in [0, 0.1) is 11.7 Å². The summed E-state index contributed by atoms with van der Waals surface area (Å²) in [5.74, 6) is -1.02. The summed E-state index contributed by atoms with van der Waals surface area (Å²) < 4.78 is 40.8. The Labute approximate surface area is 164 Å². The summed E-state index contributed by atoms with van der Waals surface area (Å²) in [4.78, 5) is 13.5. The fourth-order valence-electron chi connectivity index (χ4n) is 2.90. The van der Waals surface area contributed by atoms with E-state index in [0.717, 1.165) is 21.5 Å². The van der Waals surface area contributed by atoms with Crippen molar-refractivity contribution in [1.29, 1.82) is 0 Å². The molecule has 1 aliphatic heterocycles. The quantitative estimate of drug-likeness (QED) is 0.743. The molecule has 0 radical (unpaired) electrons. The van der Waals surface area contributed by atoms with Crippen molar-refractivity contribution < 1.29 is 17.6 Å². The van der Waals surface area contributed by atoms with E-state index in [2.05, 4.69) is 21.2 Å². The number of nitrogens with one attached hydrogen (secondary N) is 1. The van der Waals surface area contributed by atoms with Crippen molar-refractivity contribution >= 4 is 43.2 Å². The van der Waals surface area contributed by atoms with Crippen LogP contribution >= 0.6 is 27.3 Å². The molecule has 0 spiro atoms. The fraction of sp³-hybridized carbons (Fsp3) is 0.353. The Morgan fingerprint density at radius 2 is 2.08 bits per heavy atom. The number of rotatable bonds is 5.